The van der Waals surface area contributed by atoms with Gasteiger partial charge in [-0.2, -0.15) is 5.26 Å². The molecule has 5 rings (SSSR count). The summed E-state index contributed by atoms with van der Waals surface area (Å²) < 4.78 is 5.29. The van der Waals surface area contributed by atoms with Gasteiger partial charge >= 0.3 is 0 Å². The number of fused-ring (bicyclic) bond motifs is 1. The summed E-state index contributed by atoms with van der Waals surface area (Å²) in [7, 11) is 1.72. The Morgan fingerprint density at radius 2 is 1.52 bits per heavy atom. The fourth-order valence-electron chi connectivity index (χ4n) is 5.81. The van der Waals surface area contributed by atoms with Crippen LogP contribution >= 0.6 is 0 Å². The van der Waals surface area contributed by atoms with Gasteiger partial charge in [0, 0.05) is 24.2 Å². The Morgan fingerprint density at radius 3 is 2.18 bits per heavy atom. The predicted octanol–water partition coefficient (Wildman–Crippen LogP) is 7.21. The van der Waals surface area contributed by atoms with Gasteiger partial charge in [-0.15, -0.1) is 0 Å². The maximum absolute atomic E-state index is 9.43. The predicted molar refractivity (Wildman–Crippen MR) is 137 cm³/mol. The zero-order chi connectivity index (χ0) is 22.6. The highest BCUT2D eigenvalue weighted by molar-refractivity contribution is 5.94. The highest BCUT2D eigenvalue weighted by atomic mass is 16.5. The molecule has 0 radical (unpaired) electrons. The summed E-state index contributed by atoms with van der Waals surface area (Å²) in [6.07, 6.45) is 10.0. The molecule has 1 saturated carbocycles. The molecule has 1 aliphatic carbocycles. The Hall–Kier alpha value is -3.25. The van der Waals surface area contributed by atoms with E-state index in [1.165, 1.54) is 55.2 Å². The summed E-state index contributed by atoms with van der Waals surface area (Å²) >= 11 is 0. The zero-order valence-corrected chi connectivity index (χ0v) is 19.5. The van der Waals surface area contributed by atoms with Crippen LogP contribution in [0.1, 0.15) is 49.7 Å². The van der Waals surface area contributed by atoms with Crippen LogP contribution in [0.3, 0.4) is 0 Å². The van der Waals surface area contributed by atoms with Crippen molar-refractivity contribution in [2.24, 2.45) is 11.8 Å². The summed E-state index contributed by atoms with van der Waals surface area (Å²) in [5.41, 5.74) is 4.90. The fourth-order valence-corrected chi connectivity index (χ4v) is 5.81. The molecule has 0 unspecified atom stereocenters. The number of hydrogen-bond donors (Lipinski definition) is 0. The topological polar surface area (TPSA) is 36.3 Å². The number of piperidine rings is 1. The Labute approximate surface area is 197 Å². The third-order valence-electron chi connectivity index (χ3n) is 7.75. The number of ether oxygens (including phenoxy) is 1. The number of allylic oxidation sites excluding steroid dienone is 1. The lowest BCUT2D eigenvalue weighted by Gasteiger charge is -2.39. The molecular formula is C30H32N2O. The third-order valence-corrected chi connectivity index (χ3v) is 7.75. The van der Waals surface area contributed by atoms with Crippen LogP contribution in [0, 0.1) is 23.2 Å². The van der Waals surface area contributed by atoms with Gasteiger partial charge in [0.2, 0.25) is 0 Å². The van der Waals surface area contributed by atoms with Crippen LogP contribution in [0.25, 0.3) is 16.8 Å². The molecule has 3 aromatic carbocycles. The number of nitrogens with zero attached hydrogens (tertiary/aromatic N) is 2. The minimum Gasteiger partial charge on any atom is -0.497 e. The van der Waals surface area contributed by atoms with Crippen LogP contribution in [0.4, 0.5) is 5.69 Å². The summed E-state index contributed by atoms with van der Waals surface area (Å²) in [5.74, 6) is 2.64. The number of benzene rings is 3. The number of anilines is 1. The van der Waals surface area contributed by atoms with Crippen molar-refractivity contribution in [2.45, 2.75) is 38.5 Å². The van der Waals surface area contributed by atoms with Gasteiger partial charge in [-0.25, -0.2) is 0 Å². The molecule has 1 saturated heterocycles. The normalized spacial score (nSPS) is 19.3. The van der Waals surface area contributed by atoms with Crippen molar-refractivity contribution >= 4 is 22.5 Å². The van der Waals surface area contributed by atoms with Crippen molar-refractivity contribution in [3.63, 3.8) is 0 Å². The van der Waals surface area contributed by atoms with E-state index in [-0.39, 0.29) is 0 Å². The molecule has 2 fully saturated rings. The van der Waals surface area contributed by atoms with Crippen LogP contribution in [0.2, 0.25) is 0 Å². The monoisotopic (exact) mass is 436 g/mol. The van der Waals surface area contributed by atoms with Crippen LogP contribution in [-0.4, -0.2) is 20.2 Å². The molecule has 0 aromatic heterocycles. The smallest absolute Gasteiger partial charge is 0.119 e. The molecule has 0 N–H and O–H groups in total. The van der Waals surface area contributed by atoms with Gasteiger partial charge in [-0.1, -0.05) is 42.0 Å². The lowest BCUT2D eigenvalue weighted by molar-refractivity contribution is 0.232. The largest absolute Gasteiger partial charge is 0.497 e. The van der Waals surface area contributed by atoms with Crippen LogP contribution in [0.15, 0.2) is 66.2 Å². The van der Waals surface area contributed by atoms with Gasteiger partial charge in [0.1, 0.15) is 5.75 Å². The summed E-state index contributed by atoms with van der Waals surface area (Å²) in [4.78, 5) is 2.53. The number of methoxy groups -OCH3 is 1. The van der Waals surface area contributed by atoms with Crippen molar-refractivity contribution in [3.8, 4) is 11.8 Å². The van der Waals surface area contributed by atoms with E-state index in [1.54, 1.807) is 12.7 Å². The summed E-state index contributed by atoms with van der Waals surface area (Å²) in [6, 6.07) is 23.2. The maximum atomic E-state index is 9.43. The molecule has 0 amide bonds. The van der Waals surface area contributed by atoms with E-state index in [1.807, 2.05) is 12.1 Å². The Balaban J connectivity index is 1.19. The van der Waals surface area contributed by atoms with Crippen molar-refractivity contribution in [3.05, 3.63) is 77.4 Å². The average Bonchev–Trinajstić information content (AvgIpc) is 2.89. The Bertz CT molecular complexity index is 1170. The van der Waals surface area contributed by atoms with Crippen LogP contribution in [-0.2, 0) is 0 Å². The minimum atomic E-state index is 0.762. The molecule has 1 heterocycles. The van der Waals surface area contributed by atoms with E-state index in [0.717, 1.165) is 41.6 Å². The third kappa shape index (κ3) is 4.62. The fraction of sp³-hybridized carbons (Fsp3) is 0.367. The highest BCUT2D eigenvalue weighted by Crippen LogP contribution is 2.39. The van der Waals surface area contributed by atoms with Crippen molar-refractivity contribution < 1.29 is 4.74 Å². The second kappa shape index (κ2) is 9.71. The van der Waals surface area contributed by atoms with Crippen molar-refractivity contribution in [2.75, 3.05) is 25.1 Å². The SMILES string of the molecule is COc1ccc(N2CCC(C3CCC(=Cc4ccc(C#N)c5ccccc45)CC3)CC2)cc1. The van der Waals surface area contributed by atoms with Crippen LogP contribution in [0.5, 0.6) is 5.75 Å². The van der Waals surface area contributed by atoms with E-state index in [0.29, 0.717) is 0 Å². The standard InChI is InChI=1S/C30H32N2O/c1-33-28-14-12-27(13-15-28)32-18-16-24(17-19-32)23-8-6-22(7-9-23)20-25-10-11-26(21-31)30-5-3-2-4-29(25)30/h2-5,10-15,20,23-24H,6-9,16-19H2,1H3. The van der Waals surface area contributed by atoms with E-state index in [9.17, 15) is 5.26 Å². The van der Waals surface area contributed by atoms with Gasteiger partial charge < -0.3 is 9.64 Å². The van der Waals surface area contributed by atoms with E-state index in [2.05, 4.69) is 65.6 Å². The molecule has 1 aliphatic heterocycles. The van der Waals surface area contributed by atoms with Gasteiger partial charge in [0.15, 0.2) is 0 Å². The molecule has 3 nitrogen and oxygen atoms in total. The minimum absolute atomic E-state index is 0.762. The highest BCUT2D eigenvalue weighted by Gasteiger charge is 2.28. The first-order chi connectivity index (χ1) is 16.2. The number of nitriles is 1. The molecule has 0 bridgehead atoms. The van der Waals surface area contributed by atoms with Crippen molar-refractivity contribution in [1.29, 1.82) is 5.26 Å². The van der Waals surface area contributed by atoms with Gasteiger partial charge in [0.05, 0.1) is 18.7 Å². The molecule has 0 atom stereocenters. The molecule has 168 valence electrons. The molecular weight excluding hydrogens is 404 g/mol. The Morgan fingerprint density at radius 1 is 0.848 bits per heavy atom. The first-order valence-electron chi connectivity index (χ1n) is 12.3. The van der Waals surface area contributed by atoms with Gasteiger partial charge in [0.25, 0.3) is 0 Å². The molecule has 2 aliphatic rings. The number of hydrogen-bond acceptors (Lipinski definition) is 3. The summed E-state index contributed by atoms with van der Waals surface area (Å²) in [5, 5.41) is 11.7. The zero-order valence-electron chi connectivity index (χ0n) is 19.5. The lowest BCUT2D eigenvalue weighted by Crippen LogP contribution is -2.36. The van der Waals surface area contributed by atoms with E-state index >= 15 is 0 Å². The lowest BCUT2D eigenvalue weighted by atomic mass is 9.74. The average molecular weight is 437 g/mol. The maximum Gasteiger partial charge on any atom is 0.119 e. The first-order valence-corrected chi connectivity index (χ1v) is 12.3. The molecule has 3 aromatic rings. The van der Waals surface area contributed by atoms with E-state index < -0.39 is 0 Å². The second-order valence-corrected chi connectivity index (χ2v) is 9.52. The Kier molecular flexibility index (Phi) is 6.35. The molecule has 0 spiro atoms. The van der Waals surface area contributed by atoms with E-state index in [4.69, 9.17) is 4.74 Å². The quantitative estimate of drug-likeness (QED) is 0.433. The van der Waals surface area contributed by atoms with Gasteiger partial charge in [-0.05, 0) is 91.6 Å². The first kappa shape index (κ1) is 21.6. The molecule has 3 heteroatoms. The molecule has 33 heavy (non-hydrogen) atoms. The second-order valence-electron chi connectivity index (χ2n) is 9.52. The van der Waals surface area contributed by atoms with Crippen LogP contribution < -0.4 is 9.64 Å². The van der Waals surface area contributed by atoms with Crippen molar-refractivity contribution in [1.82, 2.24) is 0 Å². The number of rotatable bonds is 4. The summed E-state index contributed by atoms with van der Waals surface area (Å²) in [6.45, 7) is 2.32. The van der Waals surface area contributed by atoms with Gasteiger partial charge in [-0.3, -0.25) is 0 Å².